The average molecular weight is 393 g/mol. The number of nitrogens with zero attached hydrogens (tertiary/aromatic N) is 3. The van der Waals surface area contributed by atoms with Crippen molar-refractivity contribution in [1.29, 1.82) is 0 Å². The van der Waals surface area contributed by atoms with E-state index in [0.717, 1.165) is 12.8 Å². The molecule has 0 spiro atoms. The molecule has 142 valence electrons. The van der Waals surface area contributed by atoms with Gasteiger partial charge in [0, 0.05) is 52.0 Å². The van der Waals surface area contributed by atoms with Crippen LogP contribution in [-0.4, -0.2) is 69.5 Å². The Morgan fingerprint density at radius 3 is 2.72 bits per heavy atom. The molecule has 3 rings (SSSR count). The molecule has 2 saturated heterocycles. The lowest BCUT2D eigenvalue weighted by atomic mass is 9.97. The summed E-state index contributed by atoms with van der Waals surface area (Å²) in [4.78, 5) is 0.172. The number of hydrogen-bond donors (Lipinski definition) is 1. The van der Waals surface area contributed by atoms with Crippen LogP contribution in [0.3, 0.4) is 0 Å². The maximum atomic E-state index is 12.7. The van der Waals surface area contributed by atoms with Gasteiger partial charge in [0.1, 0.15) is 4.90 Å². The minimum Gasteiger partial charge on any atom is -0.381 e. The molecule has 0 amide bonds. The summed E-state index contributed by atoms with van der Waals surface area (Å²) in [5.41, 5.74) is 0.562. The van der Waals surface area contributed by atoms with Crippen LogP contribution >= 0.6 is 0 Å². The molecule has 2 fully saturated rings. The second-order valence-electron chi connectivity index (χ2n) is 6.41. The maximum Gasteiger partial charge on any atom is 0.244 e. The van der Waals surface area contributed by atoms with Crippen molar-refractivity contribution in [3.05, 3.63) is 11.9 Å². The van der Waals surface area contributed by atoms with Gasteiger partial charge in [-0.2, -0.15) is 5.10 Å². The fourth-order valence-electron chi connectivity index (χ4n) is 3.27. The van der Waals surface area contributed by atoms with Gasteiger partial charge < -0.3 is 4.74 Å². The highest BCUT2D eigenvalue weighted by atomic mass is 32.2. The number of hydrogen-bond acceptors (Lipinski definition) is 6. The van der Waals surface area contributed by atoms with Gasteiger partial charge in [0.25, 0.3) is 0 Å². The fraction of sp³-hybridized carbons (Fsp3) is 0.786. The number of aryl methyl sites for hydroxylation is 1. The Bertz CT molecular complexity index is 812. The first kappa shape index (κ1) is 18.8. The molecule has 0 atom stereocenters. The first-order chi connectivity index (χ1) is 11.8. The first-order valence-corrected chi connectivity index (χ1v) is 11.5. The van der Waals surface area contributed by atoms with Gasteiger partial charge in [-0.25, -0.2) is 25.9 Å². The molecule has 25 heavy (non-hydrogen) atoms. The van der Waals surface area contributed by atoms with E-state index in [1.807, 2.05) is 0 Å². The fourth-order valence-corrected chi connectivity index (χ4v) is 6.09. The zero-order chi connectivity index (χ0) is 18.1. The third-order valence-corrected chi connectivity index (χ3v) is 8.01. The van der Waals surface area contributed by atoms with Gasteiger partial charge in [0.2, 0.25) is 20.0 Å². The molecule has 0 aliphatic carbocycles. The molecule has 2 aliphatic heterocycles. The van der Waals surface area contributed by atoms with Crippen LogP contribution in [0.2, 0.25) is 0 Å². The summed E-state index contributed by atoms with van der Waals surface area (Å²) < 4.78 is 59.6. The van der Waals surface area contributed by atoms with Crippen LogP contribution in [0, 0.1) is 0 Å². The van der Waals surface area contributed by atoms with Crippen LogP contribution in [0.15, 0.2) is 11.1 Å². The number of rotatable bonds is 6. The summed E-state index contributed by atoms with van der Waals surface area (Å²) in [6.07, 6.45) is 3.57. The second kappa shape index (κ2) is 7.31. The molecular weight excluding hydrogens is 368 g/mol. The lowest BCUT2D eigenvalue weighted by Crippen LogP contribution is -2.36. The highest BCUT2D eigenvalue weighted by Crippen LogP contribution is 2.30. The lowest BCUT2D eigenvalue weighted by molar-refractivity contribution is 0.0838. The summed E-state index contributed by atoms with van der Waals surface area (Å²) >= 11 is 0. The molecule has 0 aromatic carbocycles. The van der Waals surface area contributed by atoms with Gasteiger partial charge in [-0.05, 0) is 19.3 Å². The van der Waals surface area contributed by atoms with Gasteiger partial charge in [-0.1, -0.05) is 0 Å². The summed E-state index contributed by atoms with van der Waals surface area (Å²) in [5.74, 6) is 0.191. The minimum absolute atomic E-state index is 0.0453. The summed E-state index contributed by atoms with van der Waals surface area (Å²) in [7, 11) is -5.27. The average Bonchev–Trinajstić information content (AvgIpc) is 3.11. The normalized spacial score (nSPS) is 22.4. The quantitative estimate of drug-likeness (QED) is 0.707. The molecule has 1 N–H and O–H groups in total. The Labute approximate surface area is 148 Å². The molecule has 3 heterocycles. The van der Waals surface area contributed by atoms with Crippen LogP contribution in [0.5, 0.6) is 0 Å². The van der Waals surface area contributed by atoms with E-state index >= 15 is 0 Å². The molecule has 0 unspecified atom stereocenters. The van der Waals surface area contributed by atoms with E-state index in [-0.39, 0.29) is 29.7 Å². The molecule has 11 heteroatoms. The summed E-state index contributed by atoms with van der Waals surface area (Å²) in [5, 5.41) is 4.34. The van der Waals surface area contributed by atoms with Crippen LogP contribution in [0.4, 0.5) is 0 Å². The van der Waals surface area contributed by atoms with E-state index in [4.69, 9.17) is 4.74 Å². The Balaban J connectivity index is 1.69. The van der Waals surface area contributed by atoms with Gasteiger partial charge in [-0.15, -0.1) is 0 Å². The van der Waals surface area contributed by atoms with Crippen molar-refractivity contribution in [2.45, 2.75) is 30.1 Å². The van der Waals surface area contributed by atoms with E-state index in [9.17, 15) is 16.8 Å². The number of sulfonamides is 2. The van der Waals surface area contributed by atoms with Gasteiger partial charge in [0.05, 0.1) is 11.4 Å². The number of aromatic nitrogens is 2. The number of ether oxygens (including phenoxy) is 1. The second-order valence-corrected chi connectivity index (χ2v) is 10.2. The van der Waals surface area contributed by atoms with Crippen molar-refractivity contribution < 1.29 is 21.6 Å². The molecule has 0 saturated carbocycles. The first-order valence-electron chi connectivity index (χ1n) is 8.38. The predicted octanol–water partition coefficient (Wildman–Crippen LogP) is -0.372. The van der Waals surface area contributed by atoms with Crippen molar-refractivity contribution in [3.8, 4) is 0 Å². The lowest BCUT2D eigenvalue weighted by Gasteiger charge is -2.21. The zero-order valence-electron chi connectivity index (χ0n) is 14.2. The molecule has 9 nitrogen and oxygen atoms in total. The molecule has 1 aromatic heterocycles. The molecule has 1 aromatic rings. The van der Waals surface area contributed by atoms with Crippen LogP contribution in [0.1, 0.15) is 30.9 Å². The van der Waals surface area contributed by atoms with E-state index < -0.39 is 20.0 Å². The summed E-state index contributed by atoms with van der Waals surface area (Å²) in [6.45, 7) is 1.84. The van der Waals surface area contributed by atoms with Crippen LogP contribution in [-0.2, 0) is 31.8 Å². The van der Waals surface area contributed by atoms with E-state index in [0.29, 0.717) is 31.9 Å². The Kier molecular flexibility index (Phi) is 5.49. The van der Waals surface area contributed by atoms with E-state index in [1.54, 1.807) is 7.05 Å². The molecule has 2 aliphatic rings. The highest BCUT2D eigenvalue weighted by molar-refractivity contribution is 7.89. The Hall–Kier alpha value is -1.01. The molecule has 0 bridgehead atoms. The highest BCUT2D eigenvalue weighted by Gasteiger charge is 2.30. The van der Waals surface area contributed by atoms with Crippen molar-refractivity contribution in [1.82, 2.24) is 18.8 Å². The third kappa shape index (κ3) is 4.22. The van der Waals surface area contributed by atoms with Gasteiger partial charge in [0.15, 0.2) is 0 Å². The smallest absolute Gasteiger partial charge is 0.244 e. The summed E-state index contributed by atoms with van der Waals surface area (Å²) in [6, 6.07) is 0. The Morgan fingerprint density at radius 1 is 1.36 bits per heavy atom. The third-order valence-electron chi connectivity index (χ3n) is 4.58. The van der Waals surface area contributed by atoms with Crippen LogP contribution < -0.4 is 4.72 Å². The van der Waals surface area contributed by atoms with Crippen molar-refractivity contribution in [3.63, 3.8) is 0 Å². The van der Waals surface area contributed by atoms with E-state index in [2.05, 4.69) is 9.82 Å². The topological polar surface area (TPSA) is 111 Å². The minimum atomic E-state index is -3.74. The Morgan fingerprint density at radius 2 is 2.08 bits per heavy atom. The molecule has 0 radical (unpaired) electrons. The largest absolute Gasteiger partial charge is 0.381 e. The zero-order valence-corrected chi connectivity index (χ0v) is 15.9. The van der Waals surface area contributed by atoms with Gasteiger partial charge in [-0.3, -0.25) is 4.68 Å². The van der Waals surface area contributed by atoms with Crippen LogP contribution in [0.25, 0.3) is 0 Å². The van der Waals surface area contributed by atoms with Crippen molar-refractivity contribution in [2.75, 3.05) is 38.6 Å². The van der Waals surface area contributed by atoms with Crippen molar-refractivity contribution in [2.24, 2.45) is 7.05 Å². The SMILES string of the molecule is Cn1cc(S(=O)(=O)NCCN2CCCS2(=O)=O)c(C2CCOCC2)n1. The van der Waals surface area contributed by atoms with Gasteiger partial charge >= 0.3 is 0 Å². The monoisotopic (exact) mass is 392 g/mol. The van der Waals surface area contributed by atoms with Crippen molar-refractivity contribution >= 4 is 20.0 Å². The predicted molar refractivity (Wildman–Crippen MR) is 91.2 cm³/mol. The maximum absolute atomic E-state index is 12.7. The standard InChI is InChI=1S/C14H24N4O5S2/c1-17-11-13(14(16-17)12-3-8-23-9-4-12)25(21,22)15-5-7-18-6-2-10-24(18,19)20/h11-12,15H,2-10H2,1H3. The van der Waals surface area contributed by atoms with E-state index in [1.165, 1.54) is 15.2 Å². The molecular formula is C14H24N4O5S2. The number of nitrogens with one attached hydrogen (secondary N) is 1.